The zero-order chi connectivity index (χ0) is 21.8. The first-order valence-corrected chi connectivity index (χ1v) is 9.62. The smallest absolute Gasteiger partial charge is 0.407 e. The summed E-state index contributed by atoms with van der Waals surface area (Å²) < 4.78 is 5.01. The molecule has 2 atom stereocenters. The van der Waals surface area contributed by atoms with Gasteiger partial charge in [0.05, 0.1) is 12.5 Å². The van der Waals surface area contributed by atoms with E-state index in [0.29, 0.717) is 6.42 Å². The predicted octanol–water partition coefficient (Wildman–Crippen LogP) is 1.87. The molecule has 30 heavy (non-hydrogen) atoms. The summed E-state index contributed by atoms with van der Waals surface area (Å²) in [6.07, 6.45) is -1.50. The molecule has 0 aliphatic rings. The van der Waals surface area contributed by atoms with E-state index in [1.807, 2.05) is 60.7 Å². The molecular weight excluding hydrogens is 388 g/mol. The fraction of sp³-hybridized carbons (Fsp3) is 0.318. The molecule has 8 heteroatoms. The van der Waals surface area contributed by atoms with Gasteiger partial charge in [-0.05, 0) is 24.0 Å². The number of hydrogen-bond donors (Lipinski definition) is 4. The van der Waals surface area contributed by atoms with Crippen LogP contribution in [0.5, 0.6) is 0 Å². The number of hydrogen-bond acceptors (Lipinski definition) is 5. The van der Waals surface area contributed by atoms with Crippen LogP contribution >= 0.6 is 0 Å². The number of carboxylic acids is 1. The van der Waals surface area contributed by atoms with Crippen molar-refractivity contribution in [2.45, 2.75) is 38.0 Å². The maximum absolute atomic E-state index is 12.1. The molecule has 2 aromatic rings. The van der Waals surface area contributed by atoms with Crippen molar-refractivity contribution >= 4 is 18.0 Å². The van der Waals surface area contributed by atoms with E-state index in [-0.39, 0.29) is 26.0 Å². The lowest BCUT2D eigenvalue weighted by Gasteiger charge is -2.16. The van der Waals surface area contributed by atoms with Crippen LogP contribution in [0.1, 0.15) is 24.0 Å². The molecule has 0 saturated heterocycles. The van der Waals surface area contributed by atoms with E-state index >= 15 is 0 Å². The third kappa shape index (κ3) is 8.74. The van der Waals surface area contributed by atoms with Crippen molar-refractivity contribution in [3.63, 3.8) is 0 Å². The number of ether oxygens (including phenoxy) is 1. The van der Waals surface area contributed by atoms with E-state index in [4.69, 9.17) is 4.74 Å². The van der Waals surface area contributed by atoms with E-state index in [1.165, 1.54) is 0 Å². The first kappa shape index (κ1) is 22.9. The van der Waals surface area contributed by atoms with E-state index in [9.17, 15) is 24.6 Å². The lowest BCUT2D eigenvalue weighted by atomic mass is 10.0. The molecule has 0 unspecified atom stereocenters. The van der Waals surface area contributed by atoms with Crippen LogP contribution in [0.15, 0.2) is 60.7 Å². The van der Waals surface area contributed by atoms with Crippen LogP contribution in [-0.2, 0) is 27.4 Å². The van der Waals surface area contributed by atoms with Crippen molar-refractivity contribution in [3.8, 4) is 0 Å². The van der Waals surface area contributed by atoms with Crippen molar-refractivity contribution in [3.05, 3.63) is 71.8 Å². The maximum Gasteiger partial charge on any atom is 0.407 e. The van der Waals surface area contributed by atoms with Crippen LogP contribution in [-0.4, -0.2) is 46.9 Å². The Balaban J connectivity index is 1.68. The van der Waals surface area contributed by atoms with Gasteiger partial charge in [0.1, 0.15) is 12.6 Å². The molecule has 2 aromatic carbocycles. The SMILES string of the molecule is O=C(C[C@H](O)CNC(=O)OCc1ccccc1)N[C@H](CCc1ccccc1)C(=O)O. The van der Waals surface area contributed by atoms with Gasteiger partial charge in [0.25, 0.3) is 0 Å². The summed E-state index contributed by atoms with van der Waals surface area (Å²) in [6.45, 7) is -0.103. The van der Waals surface area contributed by atoms with Gasteiger partial charge in [-0.25, -0.2) is 9.59 Å². The van der Waals surface area contributed by atoms with Gasteiger partial charge in [0.2, 0.25) is 5.91 Å². The highest BCUT2D eigenvalue weighted by Crippen LogP contribution is 2.06. The molecule has 2 amide bonds. The molecule has 0 spiro atoms. The third-order valence-electron chi connectivity index (χ3n) is 4.31. The van der Waals surface area contributed by atoms with Crippen LogP contribution in [0.4, 0.5) is 4.79 Å². The van der Waals surface area contributed by atoms with Gasteiger partial charge in [-0.15, -0.1) is 0 Å². The zero-order valence-electron chi connectivity index (χ0n) is 16.5. The minimum atomic E-state index is -1.17. The number of aliphatic hydroxyl groups excluding tert-OH is 1. The Labute approximate surface area is 174 Å². The number of aryl methyl sites for hydroxylation is 1. The molecule has 0 heterocycles. The quantitative estimate of drug-likeness (QED) is 0.445. The number of amides is 2. The minimum Gasteiger partial charge on any atom is -0.480 e. The predicted molar refractivity (Wildman–Crippen MR) is 110 cm³/mol. The summed E-state index contributed by atoms with van der Waals surface area (Å²) in [4.78, 5) is 35.1. The molecule has 0 aliphatic carbocycles. The highest BCUT2D eigenvalue weighted by Gasteiger charge is 2.21. The van der Waals surface area contributed by atoms with Gasteiger partial charge < -0.3 is 25.6 Å². The van der Waals surface area contributed by atoms with Gasteiger partial charge in [-0.1, -0.05) is 60.7 Å². The van der Waals surface area contributed by atoms with Gasteiger partial charge in [-0.3, -0.25) is 4.79 Å². The second-order valence-electron chi connectivity index (χ2n) is 6.78. The largest absolute Gasteiger partial charge is 0.480 e. The van der Waals surface area contributed by atoms with Crippen LogP contribution < -0.4 is 10.6 Å². The molecule has 0 radical (unpaired) electrons. The number of aliphatic hydroxyl groups is 1. The first-order valence-electron chi connectivity index (χ1n) is 9.62. The van der Waals surface area contributed by atoms with Crippen molar-refractivity contribution in [2.75, 3.05) is 6.54 Å². The Kier molecular flexibility index (Phi) is 9.33. The van der Waals surface area contributed by atoms with Gasteiger partial charge in [-0.2, -0.15) is 0 Å². The molecule has 8 nitrogen and oxygen atoms in total. The Bertz CT molecular complexity index is 813. The van der Waals surface area contributed by atoms with E-state index < -0.39 is 30.1 Å². The summed E-state index contributed by atoms with van der Waals surface area (Å²) in [6, 6.07) is 17.4. The number of carboxylic acid groups (broad SMARTS) is 1. The first-order chi connectivity index (χ1) is 14.4. The Morgan fingerprint density at radius 1 is 0.933 bits per heavy atom. The second kappa shape index (κ2) is 12.2. The Morgan fingerprint density at radius 3 is 2.13 bits per heavy atom. The highest BCUT2D eigenvalue weighted by atomic mass is 16.5. The molecule has 0 fully saturated rings. The number of carbonyl (C=O) groups is 3. The topological polar surface area (TPSA) is 125 Å². The Morgan fingerprint density at radius 2 is 1.53 bits per heavy atom. The Hall–Kier alpha value is -3.39. The zero-order valence-corrected chi connectivity index (χ0v) is 16.5. The molecule has 0 aromatic heterocycles. The summed E-state index contributed by atoms with van der Waals surface area (Å²) in [5, 5.41) is 24.0. The minimum absolute atomic E-state index is 0.0883. The molecule has 160 valence electrons. The number of aliphatic carboxylic acids is 1. The maximum atomic E-state index is 12.1. The lowest BCUT2D eigenvalue weighted by molar-refractivity contribution is -0.142. The number of benzene rings is 2. The highest BCUT2D eigenvalue weighted by molar-refractivity contribution is 5.83. The number of carbonyl (C=O) groups excluding carboxylic acids is 2. The third-order valence-corrected chi connectivity index (χ3v) is 4.31. The van der Waals surface area contributed by atoms with Crippen molar-refractivity contribution < 1.29 is 29.3 Å². The normalized spacial score (nSPS) is 12.4. The lowest BCUT2D eigenvalue weighted by Crippen LogP contribution is -2.43. The molecule has 0 aliphatic heterocycles. The van der Waals surface area contributed by atoms with E-state index in [2.05, 4.69) is 10.6 Å². The van der Waals surface area contributed by atoms with Crippen molar-refractivity contribution in [2.24, 2.45) is 0 Å². The van der Waals surface area contributed by atoms with Crippen molar-refractivity contribution in [1.29, 1.82) is 0 Å². The monoisotopic (exact) mass is 414 g/mol. The molecular formula is C22H26N2O6. The molecule has 0 bridgehead atoms. The average molecular weight is 414 g/mol. The van der Waals surface area contributed by atoms with Crippen molar-refractivity contribution in [1.82, 2.24) is 10.6 Å². The van der Waals surface area contributed by atoms with E-state index in [0.717, 1.165) is 11.1 Å². The summed E-state index contributed by atoms with van der Waals surface area (Å²) in [5.74, 6) is -1.75. The number of alkyl carbamates (subject to hydrolysis) is 1. The van der Waals surface area contributed by atoms with Crippen LogP contribution in [0.3, 0.4) is 0 Å². The standard InChI is InChI=1S/C22H26N2O6/c25-18(14-23-22(29)30-15-17-9-5-2-6-10-17)13-20(26)24-19(21(27)28)12-11-16-7-3-1-4-8-16/h1-10,18-19,25H,11-15H2,(H,23,29)(H,24,26)(H,27,28)/t18-,19+/m0/s1. The summed E-state index contributed by atoms with van der Waals surface area (Å²) in [7, 11) is 0. The molecule has 0 saturated carbocycles. The summed E-state index contributed by atoms with van der Waals surface area (Å²) >= 11 is 0. The summed E-state index contributed by atoms with van der Waals surface area (Å²) in [5.41, 5.74) is 1.79. The van der Waals surface area contributed by atoms with Crippen LogP contribution in [0.2, 0.25) is 0 Å². The molecule has 4 N–H and O–H groups in total. The van der Waals surface area contributed by atoms with E-state index in [1.54, 1.807) is 0 Å². The number of nitrogens with one attached hydrogen (secondary N) is 2. The van der Waals surface area contributed by atoms with Gasteiger partial charge >= 0.3 is 12.1 Å². The number of rotatable bonds is 11. The fourth-order valence-electron chi connectivity index (χ4n) is 2.73. The van der Waals surface area contributed by atoms with Crippen LogP contribution in [0, 0.1) is 0 Å². The average Bonchev–Trinajstić information content (AvgIpc) is 2.75. The van der Waals surface area contributed by atoms with Crippen LogP contribution in [0.25, 0.3) is 0 Å². The van der Waals surface area contributed by atoms with Gasteiger partial charge in [0, 0.05) is 6.54 Å². The molecule has 2 rings (SSSR count). The fourth-order valence-corrected chi connectivity index (χ4v) is 2.73. The second-order valence-corrected chi connectivity index (χ2v) is 6.78. The van der Waals surface area contributed by atoms with Gasteiger partial charge in [0.15, 0.2) is 0 Å².